The predicted octanol–water partition coefficient (Wildman–Crippen LogP) is 2.84. The van der Waals surface area contributed by atoms with Gasteiger partial charge in [-0.25, -0.2) is 13.1 Å². The van der Waals surface area contributed by atoms with Crippen LogP contribution in [0.5, 0.6) is 0 Å². The van der Waals surface area contributed by atoms with Crippen molar-refractivity contribution in [2.24, 2.45) is 0 Å². The first kappa shape index (κ1) is 20.1. The highest BCUT2D eigenvalue weighted by Crippen LogP contribution is 2.21. The number of hydrogen-bond donors (Lipinski definition) is 2. The lowest BCUT2D eigenvalue weighted by atomic mass is 10.2. The molecule has 0 unspecified atom stereocenters. The second-order valence-corrected chi connectivity index (χ2v) is 8.01. The maximum atomic E-state index is 12.6. The highest BCUT2D eigenvalue weighted by molar-refractivity contribution is 7.89. The minimum atomic E-state index is -3.70. The molecule has 1 amide bonds. The average Bonchev–Trinajstić information content (AvgIpc) is 3.10. The molecule has 28 heavy (non-hydrogen) atoms. The van der Waals surface area contributed by atoms with Gasteiger partial charge in [0.05, 0.1) is 11.5 Å². The Hall–Kier alpha value is -2.68. The van der Waals surface area contributed by atoms with Gasteiger partial charge >= 0.3 is 0 Å². The van der Waals surface area contributed by atoms with Crippen LogP contribution >= 0.6 is 0 Å². The van der Waals surface area contributed by atoms with E-state index in [1.807, 2.05) is 30.5 Å². The Bertz CT molecular complexity index is 1090. The van der Waals surface area contributed by atoms with Gasteiger partial charge < -0.3 is 14.6 Å². The molecule has 0 atom stereocenters. The van der Waals surface area contributed by atoms with E-state index in [9.17, 15) is 13.2 Å². The third kappa shape index (κ3) is 4.41. The number of ether oxygens (including phenoxy) is 1. The maximum Gasteiger partial charge on any atom is 0.255 e. The summed E-state index contributed by atoms with van der Waals surface area (Å²) in [5.41, 5.74) is 2.01. The van der Waals surface area contributed by atoms with E-state index in [-0.39, 0.29) is 29.5 Å². The molecule has 3 aromatic rings. The number of methoxy groups -OCH3 is 1. The summed E-state index contributed by atoms with van der Waals surface area (Å²) in [6, 6.07) is 13.6. The van der Waals surface area contributed by atoms with Gasteiger partial charge in [-0.1, -0.05) is 6.07 Å². The number of aryl methyl sites for hydroxylation is 1. The highest BCUT2D eigenvalue weighted by Gasteiger charge is 2.16. The molecule has 1 aromatic heterocycles. The van der Waals surface area contributed by atoms with Crippen molar-refractivity contribution >= 4 is 32.5 Å². The van der Waals surface area contributed by atoms with Gasteiger partial charge in [0.2, 0.25) is 10.0 Å². The molecule has 0 aliphatic carbocycles. The fourth-order valence-electron chi connectivity index (χ4n) is 2.92. The summed E-state index contributed by atoms with van der Waals surface area (Å²) in [5.74, 6) is -0.372. The number of sulfonamides is 1. The molecule has 2 N–H and O–H groups in total. The summed E-state index contributed by atoms with van der Waals surface area (Å²) < 4.78 is 34.0. The zero-order chi connectivity index (χ0) is 20.1. The van der Waals surface area contributed by atoms with Crippen molar-refractivity contribution in [1.82, 2.24) is 9.29 Å². The maximum absolute atomic E-state index is 12.6. The summed E-state index contributed by atoms with van der Waals surface area (Å²) in [5, 5.41) is 3.85. The Morgan fingerprint density at radius 3 is 2.71 bits per heavy atom. The van der Waals surface area contributed by atoms with Crippen LogP contribution in [0.15, 0.2) is 59.6 Å². The van der Waals surface area contributed by atoms with Crippen molar-refractivity contribution in [3.05, 3.63) is 60.3 Å². The lowest BCUT2D eigenvalue weighted by molar-refractivity contribution is 0.102. The van der Waals surface area contributed by atoms with Gasteiger partial charge in [-0.2, -0.15) is 0 Å². The van der Waals surface area contributed by atoms with Crippen molar-refractivity contribution in [1.29, 1.82) is 0 Å². The van der Waals surface area contributed by atoms with Gasteiger partial charge in [-0.05, 0) is 49.4 Å². The van der Waals surface area contributed by atoms with Crippen LogP contribution in [0.1, 0.15) is 17.3 Å². The molecule has 0 bridgehead atoms. The number of fused-ring (bicyclic) bond motifs is 1. The first-order valence-corrected chi connectivity index (χ1v) is 10.4. The van der Waals surface area contributed by atoms with Gasteiger partial charge in [-0.3, -0.25) is 4.79 Å². The van der Waals surface area contributed by atoms with Crippen LogP contribution in [0.3, 0.4) is 0 Å². The molecule has 2 aromatic carbocycles. The number of benzene rings is 2. The normalized spacial score (nSPS) is 11.6. The van der Waals surface area contributed by atoms with Crippen molar-refractivity contribution in [2.45, 2.75) is 18.4 Å². The Labute approximate surface area is 164 Å². The lowest BCUT2D eigenvalue weighted by Gasteiger charge is -2.09. The predicted molar refractivity (Wildman–Crippen MR) is 109 cm³/mol. The number of aromatic nitrogens is 1. The average molecular weight is 401 g/mol. The molecule has 7 nitrogen and oxygen atoms in total. The quantitative estimate of drug-likeness (QED) is 0.568. The molecule has 0 saturated carbocycles. The standard InChI is InChI=1S/C20H23N3O4S/c1-3-23-11-9-15-13-17(7-8-19(15)23)22-20(24)16-5-4-6-18(14-16)28(25,26)21-10-12-27-2/h4-9,11,13-14,21H,3,10,12H2,1-2H3,(H,22,24). The Kier molecular flexibility index (Phi) is 6.13. The van der Waals surface area contributed by atoms with E-state index in [0.29, 0.717) is 5.69 Å². The number of nitrogens with one attached hydrogen (secondary N) is 2. The van der Waals surface area contributed by atoms with Gasteiger partial charge in [0.1, 0.15) is 0 Å². The first-order valence-electron chi connectivity index (χ1n) is 8.93. The van der Waals surface area contributed by atoms with Gasteiger partial charge in [0.25, 0.3) is 5.91 Å². The van der Waals surface area contributed by atoms with Crippen LogP contribution in [0.4, 0.5) is 5.69 Å². The minimum absolute atomic E-state index is 0.0340. The zero-order valence-corrected chi connectivity index (χ0v) is 16.6. The van der Waals surface area contributed by atoms with Crippen LogP contribution in [-0.2, 0) is 21.3 Å². The molecule has 0 aliphatic heterocycles. The smallest absolute Gasteiger partial charge is 0.255 e. The number of carbonyl (C=O) groups is 1. The zero-order valence-electron chi connectivity index (χ0n) is 15.8. The van der Waals surface area contributed by atoms with Crippen LogP contribution in [0.2, 0.25) is 0 Å². The molecule has 0 spiro atoms. The molecule has 3 rings (SSSR count). The fourth-order valence-corrected chi connectivity index (χ4v) is 3.98. The number of nitrogens with zero attached hydrogens (tertiary/aromatic N) is 1. The number of anilines is 1. The second-order valence-electron chi connectivity index (χ2n) is 6.25. The Morgan fingerprint density at radius 1 is 1.14 bits per heavy atom. The van der Waals surface area contributed by atoms with Gasteiger partial charge in [0, 0.05) is 48.5 Å². The monoisotopic (exact) mass is 401 g/mol. The SMILES string of the molecule is CCn1ccc2cc(NC(=O)c3cccc(S(=O)(=O)NCCOC)c3)ccc21. The van der Waals surface area contributed by atoms with E-state index in [2.05, 4.69) is 21.5 Å². The summed E-state index contributed by atoms with van der Waals surface area (Å²) in [6.07, 6.45) is 2.00. The molecule has 1 heterocycles. The number of rotatable bonds is 8. The van der Waals surface area contributed by atoms with E-state index in [4.69, 9.17) is 4.74 Å². The molecule has 0 radical (unpaired) electrons. The largest absolute Gasteiger partial charge is 0.383 e. The van der Waals surface area contributed by atoms with Gasteiger partial charge in [0.15, 0.2) is 0 Å². The van der Waals surface area contributed by atoms with E-state index < -0.39 is 10.0 Å². The molecule has 148 valence electrons. The van der Waals surface area contributed by atoms with Crippen LogP contribution in [-0.4, -0.2) is 39.2 Å². The summed E-state index contributed by atoms with van der Waals surface area (Å²) in [6.45, 7) is 3.36. The molecule has 0 fully saturated rings. The molecule has 0 saturated heterocycles. The Morgan fingerprint density at radius 2 is 1.96 bits per heavy atom. The Balaban J connectivity index is 1.77. The minimum Gasteiger partial charge on any atom is -0.383 e. The third-order valence-electron chi connectivity index (χ3n) is 4.37. The third-order valence-corrected chi connectivity index (χ3v) is 5.83. The number of amides is 1. The second kappa shape index (κ2) is 8.55. The fraction of sp³-hybridized carbons (Fsp3) is 0.250. The van der Waals surface area contributed by atoms with E-state index in [1.165, 1.54) is 19.2 Å². The summed E-state index contributed by atoms with van der Waals surface area (Å²) >= 11 is 0. The summed E-state index contributed by atoms with van der Waals surface area (Å²) in [4.78, 5) is 12.6. The van der Waals surface area contributed by atoms with Crippen molar-refractivity contribution in [2.75, 3.05) is 25.6 Å². The van der Waals surface area contributed by atoms with Crippen LogP contribution in [0.25, 0.3) is 10.9 Å². The van der Waals surface area contributed by atoms with Crippen molar-refractivity contribution < 1.29 is 17.9 Å². The molecular formula is C20H23N3O4S. The van der Waals surface area contributed by atoms with Crippen LogP contribution < -0.4 is 10.0 Å². The topological polar surface area (TPSA) is 89.4 Å². The molecule has 8 heteroatoms. The highest BCUT2D eigenvalue weighted by atomic mass is 32.2. The summed E-state index contributed by atoms with van der Waals surface area (Å²) in [7, 11) is -2.21. The van der Waals surface area contributed by atoms with Crippen LogP contribution in [0, 0.1) is 0 Å². The van der Waals surface area contributed by atoms with E-state index >= 15 is 0 Å². The number of carbonyl (C=O) groups excluding carboxylic acids is 1. The van der Waals surface area contributed by atoms with E-state index in [0.717, 1.165) is 17.4 Å². The van der Waals surface area contributed by atoms with Gasteiger partial charge in [-0.15, -0.1) is 0 Å². The lowest BCUT2D eigenvalue weighted by Crippen LogP contribution is -2.27. The first-order chi connectivity index (χ1) is 13.4. The molecular weight excluding hydrogens is 378 g/mol. The molecule has 0 aliphatic rings. The number of hydrogen-bond acceptors (Lipinski definition) is 4. The van der Waals surface area contributed by atoms with Crippen molar-refractivity contribution in [3.8, 4) is 0 Å². The van der Waals surface area contributed by atoms with Crippen molar-refractivity contribution in [3.63, 3.8) is 0 Å². The van der Waals surface area contributed by atoms with E-state index in [1.54, 1.807) is 12.1 Å².